The second-order valence-electron chi connectivity index (χ2n) is 8.79. The number of anilines is 1. The Balaban J connectivity index is 1.63. The van der Waals surface area contributed by atoms with Crippen molar-refractivity contribution in [2.75, 3.05) is 25.5 Å². The third kappa shape index (κ3) is 4.60. The summed E-state index contributed by atoms with van der Waals surface area (Å²) in [6.45, 7) is 6.90. The molecule has 3 aromatic rings. The highest BCUT2D eigenvalue weighted by molar-refractivity contribution is 7.89. The molecule has 0 bridgehead atoms. The quantitative estimate of drug-likeness (QED) is 0.522. The summed E-state index contributed by atoms with van der Waals surface area (Å²) in [6.07, 6.45) is 1.02. The van der Waals surface area contributed by atoms with Crippen LogP contribution in [0.15, 0.2) is 45.7 Å². The highest BCUT2D eigenvalue weighted by Gasteiger charge is 2.32. The van der Waals surface area contributed by atoms with Gasteiger partial charge in [0.1, 0.15) is 11.3 Å². The number of hydrogen-bond donors (Lipinski definition) is 1. The topological polar surface area (TPSA) is 88.8 Å². The number of hydrogen-bond acceptors (Lipinski definition) is 5. The van der Waals surface area contributed by atoms with Gasteiger partial charge in [-0.25, -0.2) is 8.42 Å². The molecular weight excluding hydrogens is 464 g/mol. The smallest absolute Gasteiger partial charge is 0.291 e. The zero-order chi connectivity index (χ0) is 23.9. The molecule has 0 aliphatic carbocycles. The van der Waals surface area contributed by atoms with E-state index in [1.807, 2.05) is 0 Å². The maximum absolute atomic E-state index is 13.3. The highest BCUT2D eigenvalue weighted by atomic mass is 35.5. The number of furan rings is 1. The summed E-state index contributed by atoms with van der Waals surface area (Å²) in [5.74, 6) is 0.787. The Morgan fingerprint density at radius 3 is 2.48 bits per heavy atom. The number of benzene rings is 2. The minimum Gasteiger partial charge on any atom is -0.495 e. The molecule has 1 aromatic heterocycles. The molecule has 0 spiro atoms. The maximum atomic E-state index is 13.3. The normalized spacial score (nSPS) is 19.5. The molecular formula is C24H27ClN2O5S. The van der Waals surface area contributed by atoms with Crippen molar-refractivity contribution in [2.24, 2.45) is 11.8 Å². The molecule has 1 N–H and O–H groups in total. The molecule has 1 aliphatic rings. The Kier molecular flexibility index (Phi) is 6.44. The van der Waals surface area contributed by atoms with Gasteiger partial charge in [0, 0.05) is 29.7 Å². The lowest BCUT2D eigenvalue weighted by molar-refractivity contribution is 0.0998. The van der Waals surface area contributed by atoms with Crippen molar-refractivity contribution < 1.29 is 22.4 Å². The summed E-state index contributed by atoms with van der Waals surface area (Å²) in [7, 11) is -2.13. The summed E-state index contributed by atoms with van der Waals surface area (Å²) in [5.41, 5.74) is 1.51. The van der Waals surface area contributed by atoms with Crippen molar-refractivity contribution in [2.45, 2.75) is 32.1 Å². The first-order valence-corrected chi connectivity index (χ1v) is 12.6. The van der Waals surface area contributed by atoms with Gasteiger partial charge in [-0.2, -0.15) is 4.31 Å². The molecule has 7 nitrogen and oxygen atoms in total. The van der Waals surface area contributed by atoms with Crippen molar-refractivity contribution in [1.82, 2.24) is 4.31 Å². The number of piperidine rings is 1. The largest absolute Gasteiger partial charge is 0.495 e. The number of fused-ring (bicyclic) bond motifs is 1. The Morgan fingerprint density at radius 1 is 1.15 bits per heavy atom. The molecule has 2 unspecified atom stereocenters. The van der Waals surface area contributed by atoms with E-state index in [4.69, 9.17) is 20.8 Å². The van der Waals surface area contributed by atoms with Crippen LogP contribution in [0.4, 0.5) is 5.69 Å². The summed E-state index contributed by atoms with van der Waals surface area (Å²) in [6, 6.07) is 9.65. The van der Waals surface area contributed by atoms with Crippen LogP contribution in [0.1, 0.15) is 36.4 Å². The van der Waals surface area contributed by atoms with Crippen LogP contribution >= 0.6 is 11.6 Å². The zero-order valence-electron chi connectivity index (χ0n) is 19.0. The number of amides is 1. The standard InChI is InChI=1S/C24H27ClN2O5S/c1-14-9-15(2)13-27(12-14)33(29,30)18-6-8-21-19(11-18)16(3)23(32-21)24(28)26-17-5-7-22(31-4)20(25)10-17/h5-8,10-11,14-15H,9,12-13H2,1-4H3,(H,26,28). The van der Waals surface area contributed by atoms with E-state index in [9.17, 15) is 13.2 Å². The van der Waals surface area contributed by atoms with Gasteiger partial charge in [-0.1, -0.05) is 25.4 Å². The van der Waals surface area contributed by atoms with Crippen LogP contribution in [0.3, 0.4) is 0 Å². The lowest BCUT2D eigenvalue weighted by atomic mass is 9.94. The molecule has 1 fully saturated rings. The van der Waals surface area contributed by atoms with Crippen molar-refractivity contribution in [3.05, 3.63) is 52.7 Å². The Bertz CT molecular complexity index is 1310. The number of sulfonamides is 1. The van der Waals surface area contributed by atoms with Crippen molar-refractivity contribution in [1.29, 1.82) is 0 Å². The molecule has 1 amide bonds. The number of ether oxygens (including phenoxy) is 1. The van der Waals surface area contributed by atoms with Gasteiger partial charge >= 0.3 is 0 Å². The summed E-state index contributed by atoms with van der Waals surface area (Å²) >= 11 is 6.14. The molecule has 2 atom stereocenters. The predicted molar refractivity (Wildman–Crippen MR) is 129 cm³/mol. The summed E-state index contributed by atoms with van der Waals surface area (Å²) in [4.78, 5) is 13.1. The molecule has 176 valence electrons. The van der Waals surface area contributed by atoms with Gasteiger partial charge in [0.05, 0.1) is 17.0 Å². The van der Waals surface area contributed by atoms with E-state index in [1.165, 1.54) is 13.2 Å². The van der Waals surface area contributed by atoms with E-state index in [2.05, 4.69) is 19.2 Å². The van der Waals surface area contributed by atoms with Crippen molar-refractivity contribution in [3.63, 3.8) is 0 Å². The molecule has 1 aliphatic heterocycles. The van der Waals surface area contributed by atoms with Crippen LogP contribution in [-0.2, 0) is 10.0 Å². The number of nitrogens with one attached hydrogen (secondary N) is 1. The molecule has 4 rings (SSSR count). The Morgan fingerprint density at radius 2 is 1.85 bits per heavy atom. The third-order valence-corrected chi connectivity index (χ3v) is 8.12. The maximum Gasteiger partial charge on any atom is 0.291 e. The number of carbonyl (C=O) groups is 1. The first-order chi connectivity index (χ1) is 15.6. The first kappa shape index (κ1) is 23.6. The first-order valence-electron chi connectivity index (χ1n) is 10.8. The fraction of sp³-hybridized carbons (Fsp3) is 0.375. The number of halogens is 1. The van der Waals surface area contributed by atoms with E-state index < -0.39 is 15.9 Å². The van der Waals surface area contributed by atoms with Gasteiger partial charge in [0.15, 0.2) is 5.76 Å². The van der Waals surface area contributed by atoms with Crippen LogP contribution in [-0.4, -0.2) is 38.8 Å². The number of nitrogens with zero attached hydrogens (tertiary/aromatic N) is 1. The second kappa shape index (κ2) is 9.00. The van der Waals surface area contributed by atoms with E-state index in [1.54, 1.807) is 41.6 Å². The van der Waals surface area contributed by atoms with Crippen molar-refractivity contribution >= 4 is 44.2 Å². The van der Waals surface area contributed by atoms with E-state index in [0.717, 1.165) is 6.42 Å². The van der Waals surface area contributed by atoms with E-state index in [0.29, 0.717) is 57.9 Å². The van der Waals surface area contributed by atoms with Crippen LogP contribution in [0.2, 0.25) is 5.02 Å². The molecule has 9 heteroatoms. The van der Waals surface area contributed by atoms with Gasteiger partial charge in [0.25, 0.3) is 5.91 Å². The summed E-state index contributed by atoms with van der Waals surface area (Å²) in [5, 5.41) is 3.72. The third-order valence-electron chi connectivity index (χ3n) is 6.00. The fourth-order valence-corrected chi connectivity index (χ4v) is 6.42. The monoisotopic (exact) mass is 490 g/mol. The lowest BCUT2D eigenvalue weighted by Gasteiger charge is -2.34. The number of carbonyl (C=O) groups excluding carboxylic acids is 1. The van der Waals surface area contributed by atoms with Gasteiger partial charge in [-0.15, -0.1) is 0 Å². The van der Waals surface area contributed by atoms with Crippen LogP contribution < -0.4 is 10.1 Å². The number of aryl methyl sites for hydroxylation is 1. The molecule has 2 heterocycles. The van der Waals surface area contributed by atoms with Crippen molar-refractivity contribution in [3.8, 4) is 5.75 Å². The van der Waals surface area contributed by atoms with Gasteiger partial charge in [0.2, 0.25) is 10.0 Å². The van der Waals surface area contributed by atoms with E-state index >= 15 is 0 Å². The minimum atomic E-state index is -3.64. The molecule has 0 saturated carbocycles. The average molecular weight is 491 g/mol. The second-order valence-corrected chi connectivity index (χ2v) is 11.1. The SMILES string of the molecule is COc1ccc(NC(=O)c2oc3ccc(S(=O)(=O)N4CC(C)CC(C)C4)cc3c2C)cc1Cl. The Hall–Kier alpha value is -2.55. The van der Waals surface area contributed by atoms with Gasteiger partial charge < -0.3 is 14.5 Å². The molecule has 1 saturated heterocycles. The van der Waals surface area contributed by atoms with E-state index in [-0.39, 0.29) is 10.7 Å². The van der Waals surface area contributed by atoms with Crippen LogP contribution in [0, 0.1) is 18.8 Å². The number of methoxy groups -OCH3 is 1. The average Bonchev–Trinajstić information content (AvgIpc) is 3.09. The van der Waals surface area contributed by atoms with Crippen LogP contribution in [0.5, 0.6) is 5.75 Å². The van der Waals surface area contributed by atoms with Gasteiger partial charge in [-0.05, 0) is 61.6 Å². The minimum absolute atomic E-state index is 0.117. The van der Waals surface area contributed by atoms with Gasteiger partial charge in [-0.3, -0.25) is 4.79 Å². The molecule has 33 heavy (non-hydrogen) atoms. The number of rotatable bonds is 5. The zero-order valence-corrected chi connectivity index (χ0v) is 20.6. The molecule has 2 aromatic carbocycles. The van der Waals surface area contributed by atoms with Crippen LogP contribution in [0.25, 0.3) is 11.0 Å². The molecule has 0 radical (unpaired) electrons. The highest BCUT2D eigenvalue weighted by Crippen LogP contribution is 2.32. The summed E-state index contributed by atoms with van der Waals surface area (Å²) < 4.78 is 39.0. The fourth-order valence-electron chi connectivity index (χ4n) is 4.46. The lowest BCUT2D eigenvalue weighted by Crippen LogP contribution is -2.42. The predicted octanol–water partition coefficient (Wildman–Crippen LogP) is 5.32. The Labute approximate surface area is 198 Å².